The quantitative estimate of drug-likeness (QED) is 0.581. The van der Waals surface area contributed by atoms with Crippen molar-refractivity contribution in [1.82, 2.24) is 5.32 Å². The molecule has 9 heteroatoms. The summed E-state index contributed by atoms with van der Waals surface area (Å²) in [6.45, 7) is 1.99. The summed E-state index contributed by atoms with van der Waals surface area (Å²) < 4.78 is 15.6. The lowest BCUT2D eigenvalue weighted by Gasteiger charge is -2.12. The molecular weight excluding hydrogens is 378 g/mol. The van der Waals surface area contributed by atoms with Gasteiger partial charge in [-0.05, 0) is 43.3 Å². The Morgan fingerprint density at radius 2 is 1.55 bits per heavy atom. The molecule has 0 bridgehead atoms. The fourth-order valence-electron chi connectivity index (χ4n) is 2.34. The number of carbonyl (C=O) groups excluding carboxylic acids is 3. The number of carbonyl (C=O) groups is 3. The first-order valence-electron chi connectivity index (χ1n) is 8.80. The van der Waals surface area contributed by atoms with Gasteiger partial charge in [-0.15, -0.1) is 0 Å². The molecule has 3 amide bonds. The van der Waals surface area contributed by atoms with Gasteiger partial charge in [-0.3, -0.25) is 14.4 Å². The number of rotatable bonds is 8. The van der Waals surface area contributed by atoms with E-state index in [2.05, 4.69) is 16.0 Å². The number of benzene rings is 2. The largest absolute Gasteiger partial charge is 0.497 e. The van der Waals surface area contributed by atoms with Gasteiger partial charge in [0.15, 0.2) is 0 Å². The molecule has 0 saturated heterocycles. The molecule has 0 aliphatic rings. The highest BCUT2D eigenvalue weighted by atomic mass is 16.5. The molecule has 0 saturated carbocycles. The van der Waals surface area contributed by atoms with Crippen LogP contribution in [0.4, 0.5) is 11.4 Å². The molecule has 9 nitrogen and oxygen atoms in total. The molecule has 0 fully saturated rings. The van der Waals surface area contributed by atoms with Crippen LogP contribution in [-0.2, 0) is 14.4 Å². The first kappa shape index (κ1) is 21.5. The van der Waals surface area contributed by atoms with Crippen molar-refractivity contribution in [1.29, 1.82) is 0 Å². The average Bonchev–Trinajstić information content (AvgIpc) is 2.73. The maximum atomic E-state index is 12.1. The lowest BCUT2D eigenvalue weighted by atomic mass is 10.2. The third-order valence-corrected chi connectivity index (χ3v) is 3.72. The van der Waals surface area contributed by atoms with Gasteiger partial charge in [0.1, 0.15) is 17.2 Å². The number of anilines is 2. The molecule has 0 aliphatic carbocycles. The Hall–Kier alpha value is -3.75. The van der Waals surface area contributed by atoms with E-state index >= 15 is 0 Å². The van der Waals surface area contributed by atoms with Crippen LogP contribution < -0.4 is 30.2 Å². The summed E-state index contributed by atoms with van der Waals surface area (Å²) in [6, 6.07) is 11.5. The van der Waals surface area contributed by atoms with Crippen LogP contribution >= 0.6 is 0 Å². The van der Waals surface area contributed by atoms with Crippen LogP contribution in [-0.4, -0.2) is 45.1 Å². The predicted molar refractivity (Wildman–Crippen MR) is 107 cm³/mol. The second-order valence-corrected chi connectivity index (χ2v) is 5.71. The number of methoxy groups -OCH3 is 2. The second-order valence-electron chi connectivity index (χ2n) is 5.71. The average molecular weight is 401 g/mol. The predicted octanol–water partition coefficient (Wildman–Crippen LogP) is 1.80. The fourth-order valence-corrected chi connectivity index (χ4v) is 2.34. The summed E-state index contributed by atoms with van der Waals surface area (Å²) in [5.74, 6) is -0.746. The van der Waals surface area contributed by atoms with Gasteiger partial charge in [0.2, 0.25) is 5.91 Å². The van der Waals surface area contributed by atoms with Crippen LogP contribution in [0.2, 0.25) is 0 Å². The van der Waals surface area contributed by atoms with Crippen LogP contribution in [0.3, 0.4) is 0 Å². The summed E-state index contributed by atoms with van der Waals surface area (Å²) in [7, 11) is 2.96. The van der Waals surface area contributed by atoms with Gasteiger partial charge in [0.25, 0.3) is 0 Å². The SMILES string of the molecule is CCOc1ccc(NC(=O)C(=O)NCC(=O)Nc2cc(OC)ccc2OC)cc1. The maximum Gasteiger partial charge on any atom is 0.313 e. The van der Waals surface area contributed by atoms with Gasteiger partial charge in [0.05, 0.1) is 33.1 Å². The molecular formula is C20H23N3O6. The lowest BCUT2D eigenvalue weighted by Crippen LogP contribution is -2.39. The summed E-state index contributed by atoms with van der Waals surface area (Å²) >= 11 is 0. The van der Waals surface area contributed by atoms with E-state index in [9.17, 15) is 14.4 Å². The summed E-state index contributed by atoms with van der Waals surface area (Å²) in [6.07, 6.45) is 0. The van der Waals surface area contributed by atoms with Gasteiger partial charge in [-0.25, -0.2) is 0 Å². The molecule has 0 radical (unpaired) electrons. The van der Waals surface area contributed by atoms with Crippen LogP contribution in [0.25, 0.3) is 0 Å². The molecule has 0 heterocycles. The van der Waals surface area contributed by atoms with E-state index in [0.29, 0.717) is 35.2 Å². The summed E-state index contributed by atoms with van der Waals surface area (Å²) in [5.41, 5.74) is 0.809. The third-order valence-electron chi connectivity index (χ3n) is 3.72. The number of ether oxygens (including phenoxy) is 3. The van der Waals surface area contributed by atoms with Crippen LogP contribution in [0.15, 0.2) is 42.5 Å². The normalized spacial score (nSPS) is 9.90. The highest BCUT2D eigenvalue weighted by Gasteiger charge is 2.16. The van der Waals surface area contributed by atoms with E-state index in [4.69, 9.17) is 14.2 Å². The van der Waals surface area contributed by atoms with Crippen molar-refractivity contribution in [3.05, 3.63) is 42.5 Å². The molecule has 154 valence electrons. The van der Waals surface area contributed by atoms with Crippen molar-refractivity contribution in [2.24, 2.45) is 0 Å². The van der Waals surface area contributed by atoms with Crippen LogP contribution in [0.5, 0.6) is 17.2 Å². The zero-order valence-electron chi connectivity index (χ0n) is 16.4. The monoisotopic (exact) mass is 401 g/mol. The molecule has 2 aromatic carbocycles. The Bertz CT molecular complexity index is 867. The van der Waals surface area contributed by atoms with Crippen molar-refractivity contribution < 1.29 is 28.6 Å². The third kappa shape index (κ3) is 6.42. The van der Waals surface area contributed by atoms with Gasteiger partial charge in [-0.1, -0.05) is 0 Å². The molecule has 29 heavy (non-hydrogen) atoms. The Morgan fingerprint density at radius 1 is 0.862 bits per heavy atom. The van der Waals surface area contributed by atoms with Gasteiger partial charge in [0, 0.05) is 11.8 Å². The van der Waals surface area contributed by atoms with E-state index in [1.54, 1.807) is 42.5 Å². The van der Waals surface area contributed by atoms with Crippen LogP contribution in [0, 0.1) is 0 Å². The topological polar surface area (TPSA) is 115 Å². The first-order chi connectivity index (χ1) is 14.0. The van der Waals surface area contributed by atoms with Crippen molar-refractivity contribution in [2.45, 2.75) is 6.92 Å². The van der Waals surface area contributed by atoms with Crippen molar-refractivity contribution in [2.75, 3.05) is 38.0 Å². The molecule has 3 N–H and O–H groups in total. The van der Waals surface area contributed by atoms with E-state index in [1.807, 2.05) is 6.92 Å². The molecule has 0 aromatic heterocycles. The number of hydrogen-bond donors (Lipinski definition) is 3. The fraction of sp³-hybridized carbons (Fsp3) is 0.250. The van der Waals surface area contributed by atoms with Crippen LogP contribution in [0.1, 0.15) is 6.92 Å². The molecule has 0 unspecified atom stereocenters. The second kappa shape index (κ2) is 10.5. The Labute approximate surface area is 168 Å². The maximum absolute atomic E-state index is 12.1. The van der Waals surface area contributed by atoms with E-state index in [0.717, 1.165) is 0 Å². The molecule has 0 atom stereocenters. The zero-order chi connectivity index (χ0) is 21.2. The minimum Gasteiger partial charge on any atom is -0.497 e. The molecule has 0 aliphatic heterocycles. The van der Waals surface area contributed by atoms with Gasteiger partial charge >= 0.3 is 11.8 Å². The minimum absolute atomic E-state index is 0.380. The van der Waals surface area contributed by atoms with Crippen molar-refractivity contribution in [3.8, 4) is 17.2 Å². The van der Waals surface area contributed by atoms with Crippen molar-refractivity contribution >= 4 is 29.1 Å². The number of hydrogen-bond acceptors (Lipinski definition) is 6. The molecule has 0 spiro atoms. The highest BCUT2D eigenvalue weighted by Crippen LogP contribution is 2.28. The molecule has 2 rings (SSSR count). The zero-order valence-corrected chi connectivity index (χ0v) is 16.4. The highest BCUT2D eigenvalue weighted by molar-refractivity contribution is 6.39. The summed E-state index contributed by atoms with van der Waals surface area (Å²) in [5, 5.41) is 7.30. The Kier molecular flexibility index (Phi) is 7.84. The number of amides is 3. The van der Waals surface area contributed by atoms with E-state index < -0.39 is 24.3 Å². The first-order valence-corrected chi connectivity index (χ1v) is 8.80. The lowest BCUT2D eigenvalue weighted by molar-refractivity contribution is -0.136. The van der Waals surface area contributed by atoms with E-state index in [1.165, 1.54) is 14.2 Å². The minimum atomic E-state index is -0.938. The summed E-state index contributed by atoms with van der Waals surface area (Å²) in [4.78, 5) is 36.0. The standard InChI is InChI=1S/C20H23N3O6/c1-4-29-14-7-5-13(6-8-14)22-20(26)19(25)21-12-18(24)23-16-11-15(27-2)9-10-17(16)28-3/h5-11H,4,12H2,1-3H3,(H,21,25)(H,22,26)(H,23,24). The Morgan fingerprint density at radius 3 is 2.17 bits per heavy atom. The molecule has 2 aromatic rings. The number of nitrogens with one attached hydrogen (secondary N) is 3. The van der Waals surface area contributed by atoms with Crippen molar-refractivity contribution in [3.63, 3.8) is 0 Å². The Balaban J connectivity index is 1.86. The smallest absolute Gasteiger partial charge is 0.313 e. The van der Waals surface area contributed by atoms with Gasteiger partial charge < -0.3 is 30.2 Å². The van der Waals surface area contributed by atoms with E-state index in [-0.39, 0.29) is 0 Å². The van der Waals surface area contributed by atoms with Gasteiger partial charge in [-0.2, -0.15) is 0 Å².